The number of carbonyl (C=O) groups is 1. The molecule has 0 radical (unpaired) electrons. The molecule has 106 valence electrons. The Balaban J connectivity index is 3.54. The highest BCUT2D eigenvalue weighted by Gasteiger charge is 2.26. The Morgan fingerprint density at radius 3 is 2.16 bits per heavy atom. The summed E-state index contributed by atoms with van der Waals surface area (Å²) in [5.74, 6) is 0.553. The van der Waals surface area contributed by atoms with Gasteiger partial charge in [0.05, 0.1) is 7.11 Å². The van der Waals surface area contributed by atoms with E-state index in [1.165, 1.54) is 4.90 Å². The van der Waals surface area contributed by atoms with Crippen molar-refractivity contribution in [3.8, 4) is 5.75 Å². The van der Waals surface area contributed by atoms with Crippen molar-refractivity contribution in [1.82, 2.24) is 4.90 Å². The van der Waals surface area contributed by atoms with Crippen LogP contribution >= 0.6 is 15.9 Å². The summed E-state index contributed by atoms with van der Waals surface area (Å²) in [4.78, 5) is 13.6. The van der Waals surface area contributed by atoms with E-state index in [1.807, 2.05) is 20.8 Å². The second kappa shape index (κ2) is 5.92. The quantitative estimate of drug-likeness (QED) is 0.927. The maximum atomic E-state index is 12.1. The fourth-order valence-electron chi connectivity index (χ4n) is 2.15. The number of amides is 1. The molecular formula is C14H21BrN2O2. The largest absolute Gasteiger partial charge is 0.496 e. The molecule has 0 aliphatic carbocycles. The second-order valence-electron chi connectivity index (χ2n) is 4.85. The molecule has 1 aromatic rings. The molecule has 0 heterocycles. The fourth-order valence-corrected chi connectivity index (χ4v) is 2.66. The summed E-state index contributed by atoms with van der Waals surface area (Å²) in [5, 5.41) is 0. The van der Waals surface area contributed by atoms with Crippen LogP contribution in [0.1, 0.15) is 28.3 Å². The summed E-state index contributed by atoms with van der Waals surface area (Å²) in [6.07, 6.45) is 0. The van der Waals surface area contributed by atoms with E-state index in [0.29, 0.717) is 5.75 Å². The molecule has 0 saturated heterocycles. The summed E-state index contributed by atoms with van der Waals surface area (Å²) in [6, 6.07) is -0.722. The van der Waals surface area contributed by atoms with Gasteiger partial charge >= 0.3 is 0 Å². The first-order chi connectivity index (χ1) is 8.73. The van der Waals surface area contributed by atoms with E-state index >= 15 is 0 Å². The highest BCUT2D eigenvalue weighted by Crippen LogP contribution is 2.38. The monoisotopic (exact) mass is 328 g/mol. The molecule has 1 unspecified atom stereocenters. The van der Waals surface area contributed by atoms with Gasteiger partial charge in [-0.2, -0.15) is 0 Å². The van der Waals surface area contributed by atoms with E-state index in [0.717, 1.165) is 26.7 Å². The van der Waals surface area contributed by atoms with E-state index in [4.69, 9.17) is 10.5 Å². The lowest BCUT2D eigenvalue weighted by Crippen LogP contribution is -2.34. The number of ether oxygens (including phenoxy) is 1. The molecule has 1 aromatic carbocycles. The lowest BCUT2D eigenvalue weighted by Gasteiger charge is -2.24. The average Bonchev–Trinajstić information content (AvgIpc) is 2.38. The summed E-state index contributed by atoms with van der Waals surface area (Å²) in [6.45, 7) is 5.92. The minimum absolute atomic E-state index is 0.142. The Morgan fingerprint density at radius 2 is 1.74 bits per heavy atom. The van der Waals surface area contributed by atoms with E-state index < -0.39 is 6.04 Å². The third-order valence-electron chi connectivity index (χ3n) is 3.43. The van der Waals surface area contributed by atoms with Crippen molar-refractivity contribution in [2.75, 3.05) is 21.2 Å². The van der Waals surface area contributed by atoms with Crippen molar-refractivity contribution in [3.05, 3.63) is 26.7 Å². The average molecular weight is 329 g/mol. The number of carbonyl (C=O) groups excluding carboxylic acids is 1. The molecule has 0 aliphatic rings. The molecule has 4 nitrogen and oxygen atoms in total. The zero-order valence-electron chi connectivity index (χ0n) is 12.3. The molecular weight excluding hydrogens is 308 g/mol. The van der Waals surface area contributed by atoms with Crippen LogP contribution < -0.4 is 10.5 Å². The Kier molecular flexibility index (Phi) is 4.98. The number of nitrogens with zero attached hydrogens (tertiary/aromatic N) is 1. The van der Waals surface area contributed by atoms with Gasteiger partial charge in [-0.1, -0.05) is 15.9 Å². The van der Waals surface area contributed by atoms with Gasteiger partial charge in [-0.25, -0.2) is 0 Å². The number of likely N-dealkylation sites (N-methyl/N-ethyl adjacent to an activating group) is 1. The molecule has 0 aliphatic heterocycles. The van der Waals surface area contributed by atoms with Crippen molar-refractivity contribution >= 4 is 21.8 Å². The molecule has 1 amide bonds. The predicted molar refractivity (Wildman–Crippen MR) is 80.5 cm³/mol. The SMILES string of the molecule is COc1c(C)c(C)c(Br)c(C)c1C(N)C(=O)N(C)C. The molecule has 0 aromatic heterocycles. The van der Waals surface area contributed by atoms with Crippen molar-refractivity contribution in [2.24, 2.45) is 5.73 Å². The molecule has 1 atom stereocenters. The zero-order chi connectivity index (χ0) is 14.9. The molecule has 2 N–H and O–H groups in total. The standard InChI is InChI=1S/C14H21BrN2O2/c1-7-8(2)13(19-6)10(9(3)11(7)15)12(16)14(18)17(4)5/h12H,16H2,1-6H3. The number of rotatable bonds is 3. The minimum Gasteiger partial charge on any atom is -0.496 e. The van der Waals surface area contributed by atoms with Crippen LogP contribution in [0.25, 0.3) is 0 Å². The van der Waals surface area contributed by atoms with Gasteiger partial charge in [-0.05, 0) is 37.5 Å². The van der Waals surface area contributed by atoms with Crippen LogP contribution in [-0.4, -0.2) is 32.0 Å². The zero-order valence-corrected chi connectivity index (χ0v) is 13.9. The lowest BCUT2D eigenvalue weighted by molar-refractivity contribution is -0.130. The van der Waals surface area contributed by atoms with E-state index in [9.17, 15) is 4.79 Å². The fraction of sp³-hybridized carbons (Fsp3) is 0.500. The first kappa shape index (κ1) is 16.0. The Morgan fingerprint density at radius 1 is 1.21 bits per heavy atom. The maximum absolute atomic E-state index is 12.1. The summed E-state index contributed by atoms with van der Waals surface area (Å²) >= 11 is 3.56. The van der Waals surface area contributed by atoms with E-state index in [1.54, 1.807) is 21.2 Å². The molecule has 1 rings (SSSR count). The van der Waals surface area contributed by atoms with Crippen LogP contribution in [0.4, 0.5) is 0 Å². The van der Waals surface area contributed by atoms with Gasteiger partial charge in [-0.3, -0.25) is 4.79 Å². The number of methoxy groups -OCH3 is 1. The number of halogens is 1. The Hall–Kier alpha value is -1.07. The van der Waals surface area contributed by atoms with Gasteiger partial charge in [0.1, 0.15) is 11.8 Å². The van der Waals surface area contributed by atoms with Crippen molar-refractivity contribution in [3.63, 3.8) is 0 Å². The maximum Gasteiger partial charge on any atom is 0.243 e. The van der Waals surface area contributed by atoms with Gasteiger partial charge in [-0.15, -0.1) is 0 Å². The third-order valence-corrected chi connectivity index (χ3v) is 4.62. The number of hydrogen-bond donors (Lipinski definition) is 1. The molecule has 0 spiro atoms. The lowest BCUT2D eigenvalue weighted by atomic mass is 9.94. The van der Waals surface area contributed by atoms with Crippen LogP contribution in [0.3, 0.4) is 0 Å². The number of nitrogens with two attached hydrogens (primary N) is 1. The number of hydrogen-bond acceptors (Lipinski definition) is 3. The third kappa shape index (κ3) is 2.77. The second-order valence-corrected chi connectivity index (χ2v) is 5.64. The van der Waals surface area contributed by atoms with Crippen molar-refractivity contribution in [2.45, 2.75) is 26.8 Å². The van der Waals surface area contributed by atoms with Crippen LogP contribution in [0.15, 0.2) is 4.47 Å². The van der Waals surface area contributed by atoms with Gasteiger partial charge in [0.2, 0.25) is 5.91 Å². The highest BCUT2D eigenvalue weighted by molar-refractivity contribution is 9.10. The normalized spacial score (nSPS) is 12.2. The number of benzene rings is 1. The van der Waals surface area contributed by atoms with Gasteiger partial charge in [0, 0.05) is 24.1 Å². The highest BCUT2D eigenvalue weighted by atomic mass is 79.9. The summed E-state index contributed by atoms with van der Waals surface area (Å²) < 4.78 is 6.45. The minimum atomic E-state index is -0.722. The topological polar surface area (TPSA) is 55.6 Å². The van der Waals surface area contributed by atoms with Crippen LogP contribution in [0.5, 0.6) is 5.75 Å². The summed E-state index contributed by atoms with van der Waals surface area (Å²) in [7, 11) is 4.99. The first-order valence-corrected chi connectivity index (χ1v) is 6.83. The molecule has 19 heavy (non-hydrogen) atoms. The smallest absolute Gasteiger partial charge is 0.243 e. The molecule has 0 bridgehead atoms. The molecule has 5 heteroatoms. The Bertz CT molecular complexity index is 513. The molecule has 0 saturated carbocycles. The first-order valence-electron chi connectivity index (χ1n) is 6.03. The molecule has 0 fully saturated rings. The van der Waals surface area contributed by atoms with Gasteiger partial charge in [0.25, 0.3) is 0 Å². The van der Waals surface area contributed by atoms with Crippen molar-refractivity contribution < 1.29 is 9.53 Å². The van der Waals surface area contributed by atoms with Gasteiger partial charge in [0.15, 0.2) is 0 Å². The van der Waals surface area contributed by atoms with Crippen LogP contribution in [0, 0.1) is 20.8 Å². The van der Waals surface area contributed by atoms with E-state index in [-0.39, 0.29) is 5.91 Å². The van der Waals surface area contributed by atoms with Crippen molar-refractivity contribution in [1.29, 1.82) is 0 Å². The van der Waals surface area contributed by atoms with E-state index in [2.05, 4.69) is 15.9 Å². The van der Waals surface area contributed by atoms with Gasteiger partial charge < -0.3 is 15.4 Å². The Labute approximate surface area is 123 Å². The van der Waals surface area contributed by atoms with Crippen LogP contribution in [0.2, 0.25) is 0 Å². The summed E-state index contributed by atoms with van der Waals surface area (Å²) in [5.41, 5.74) is 9.90. The van der Waals surface area contributed by atoms with Crippen LogP contribution in [-0.2, 0) is 4.79 Å². The predicted octanol–water partition coefficient (Wildman–Crippen LogP) is 2.47.